The third-order valence-corrected chi connectivity index (χ3v) is 1.86. The van der Waals surface area contributed by atoms with Gasteiger partial charge in [0.2, 0.25) is 5.91 Å². The van der Waals surface area contributed by atoms with E-state index in [4.69, 9.17) is 0 Å². The Morgan fingerprint density at radius 3 is 2.50 bits per heavy atom. The molecule has 0 atom stereocenters. The number of carbonyl (C=O) groups excluding carboxylic acids is 2. The van der Waals surface area contributed by atoms with E-state index in [1.165, 1.54) is 0 Å². The van der Waals surface area contributed by atoms with Crippen LogP contribution in [0.5, 0.6) is 0 Å². The summed E-state index contributed by atoms with van der Waals surface area (Å²) in [5.41, 5.74) is 0.629. The van der Waals surface area contributed by atoms with Crippen LogP contribution in [0.4, 0.5) is 0 Å². The van der Waals surface area contributed by atoms with Crippen LogP contribution in [-0.2, 0) is 4.79 Å². The number of rotatable bonds is 4. The molecule has 0 saturated carbocycles. The van der Waals surface area contributed by atoms with E-state index in [1.807, 2.05) is 6.07 Å². The van der Waals surface area contributed by atoms with Crippen molar-refractivity contribution < 1.29 is 11.0 Å². The molecule has 0 bridgehead atoms. The van der Waals surface area contributed by atoms with Gasteiger partial charge in [0.15, 0.2) is 5.78 Å². The average molecular weight is 193 g/mol. The second-order valence-corrected chi connectivity index (χ2v) is 2.92. The zero-order valence-electron chi connectivity index (χ0n) is 8.12. The van der Waals surface area contributed by atoms with Gasteiger partial charge in [-0.25, -0.2) is 0 Å². The van der Waals surface area contributed by atoms with Crippen molar-refractivity contribution in [2.24, 2.45) is 0 Å². The molecular formula is C11H15NO2. The van der Waals surface area contributed by atoms with E-state index in [0.717, 1.165) is 0 Å². The first-order valence-corrected chi connectivity index (χ1v) is 4.59. The van der Waals surface area contributed by atoms with Gasteiger partial charge in [-0.3, -0.25) is 9.59 Å². The predicted octanol–water partition coefficient (Wildman–Crippen LogP) is 1.64. The van der Waals surface area contributed by atoms with Crippen LogP contribution in [0.3, 0.4) is 0 Å². The van der Waals surface area contributed by atoms with Crippen LogP contribution in [0.15, 0.2) is 30.3 Å². The van der Waals surface area contributed by atoms with Gasteiger partial charge in [0.25, 0.3) is 0 Å². The molecule has 76 valence electrons. The second-order valence-electron chi connectivity index (χ2n) is 2.92. The lowest BCUT2D eigenvalue weighted by molar-refractivity contribution is -0.120. The van der Waals surface area contributed by atoms with Gasteiger partial charge in [0.1, 0.15) is 0 Å². The highest BCUT2D eigenvalue weighted by molar-refractivity contribution is 5.99. The van der Waals surface area contributed by atoms with Gasteiger partial charge in [-0.2, -0.15) is 0 Å². The van der Waals surface area contributed by atoms with E-state index in [2.05, 4.69) is 5.32 Å². The molecule has 0 aromatic heterocycles. The first-order chi connectivity index (χ1) is 6.74. The Hall–Kier alpha value is -1.64. The summed E-state index contributed by atoms with van der Waals surface area (Å²) in [6.07, 6.45) is 0.405. The Kier molecular flexibility index (Phi) is 3.85. The smallest absolute Gasteiger partial charge is 0.220 e. The quantitative estimate of drug-likeness (QED) is 0.739. The number of nitrogens with one attached hydrogen (secondary N) is 1. The highest BCUT2D eigenvalue weighted by Gasteiger charge is 2.05. The zero-order chi connectivity index (χ0) is 10.4. The van der Waals surface area contributed by atoms with Gasteiger partial charge in [0.05, 0.1) is 6.54 Å². The van der Waals surface area contributed by atoms with Crippen molar-refractivity contribution in [3.63, 3.8) is 0 Å². The number of carbonyl (C=O) groups is 2. The van der Waals surface area contributed by atoms with Crippen molar-refractivity contribution in [1.29, 1.82) is 0 Å². The number of amides is 1. The van der Waals surface area contributed by atoms with Crippen LogP contribution < -0.4 is 5.32 Å². The van der Waals surface area contributed by atoms with Crippen LogP contribution in [0.1, 0.15) is 25.1 Å². The number of hydrogen-bond donors (Lipinski definition) is 1. The van der Waals surface area contributed by atoms with Crippen molar-refractivity contribution in [2.75, 3.05) is 6.54 Å². The maximum absolute atomic E-state index is 11.5. The molecule has 0 radical (unpaired) electrons. The Morgan fingerprint density at radius 1 is 1.29 bits per heavy atom. The highest BCUT2D eigenvalue weighted by Crippen LogP contribution is 1.98. The standard InChI is InChI=1S/C11H13NO2.H2/c1-2-11(14)12-8-10(13)9-6-4-3-5-7-9;/h3-7H,2,8H2,1H3,(H,12,14);1H. The summed E-state index contributed by atoms with van der Waals surface area (Å²) in [5.74, 6) is -0.165. The Balaban J connectivity index is 0.00000196. The summed E-state index contributed by atoms with van der Waals surface area (Å²) < 4.78 is 0. The van der Waals surface area contributed by atoms with Crippen molar-refractivity contribution in [3.05, 3.63) is 35.9 Å². The summed E-state index contributed by atoms with van der Waals surface area (Å²) in [7, 11) is 0. The lowest BCUT2D eigenvalue weighted by Crippen LogP contribution is -2.28. The summed E-state index contributed by atoms with van der Waals surface area (Å²) in [6, 6.07) is 8.92. The molecular weight excluding hydrogens is 178 g/mol. The van der Waals surface area contributed by atoms with Crippen LogP contribution in [-0.4, -0.2) is 18.2 Å². The van der Waals surface area contributed by atoms with E-state index in [9.17, 15) is 9.59 Å². The van der Waals surface area contributed by atoms with E-state index in [0.29, 0.717) is 12.0 Å². The van der Waals surface area contributed by atoms with Crippen molar-refractivity contribution in [3.8, 4) is 0 Å². The van der Waals surface area contributed by atoms with Crippen LogP contribution in [0.2, 0.25) is 0 Å². The fourth-order valence-corrected chi connectivity index (χ4v) is 1.03. The van der Waals surface area contributed by atoms with Crippen LogP contribution >= 0.6 is 0 Å². The minimum Gasteiger partial charge on any atom is -0.349 e. The maximum Gasteiger partial charge on any atom is 0.220 e. The molecule has 1 rings (SSSR count). The van der Waals surface area contributed by atoms with Crippen molar-refractivity contribution in [1.82, 2.24) is 5.32 Å². The largest absolute Gasteiger partial charge is 0.349 e. The maximum atomic E-state index is 11.5. The lowest BCUT2D eigenvalue weighted by atomic mass is 10.1. The third kappa shape index (κ3) is 3.01. The van der Waals surface area contributed by atoms with Gasteiger partial charge < -0.3 is 5.32 Å². The van der Waals surface area contributed by atoms with Gasteiger partial charge in [0, 0.05) is 13.4 Å². The zero-order valence-corrected chi connectivity index (χ0v) is 8.12. The number of hydrogen-bond acceptors (Lipinski definition) is 2. The third-order valence-electron chi connectivity index (χ3n) is 1.86. The Morgan fingerprint density at radius 2 is 1.93 bits per heavy atom. The predicted molar refractivity (Wildman–Crippen MR) is 56.2 cm³/mol. The number of Topliss-reactive ketones (excluding diaryl/α,β-unsaturated/α-hetero) is 1. The lowest BCUT2D eigenvalue weighted by Gasteiger charge is -2.02. The second kappa shape index (κ2) is 5.17. The molecule has 0 unspecified atom stereocenters. The first kappa shape index (κ1) is 10.4. The first-order valence-electron chi connectivity index (χ1n) is 4.59. The molecule has 1 aromatic carbocycles. The van der Waals surface area contributed by atoms with Crippen molar-refractivity contribution in [2.45, 2.75) is 13.3 Å². The molecule has 3 heteroatoms. The molecule has 0 aliphatic rings. The van der Waals surface area contributed by atoms with E-state index in [1.54, 1.807) is 31.2 Å². The topological polar surface area (TPSA) is 46.2 Å². The molecule has 0 aliphatic heterocycles. The minimum atomic E-state index is -0.103. The SMILES string of the molecule is CCC(=O)NCC(=O)c1ccccc1.[HH]. The van der Waals surface area contributed by atoms with E-state index < -0.39 is 0 Å². The monoisotopic (exact) mass is 193 g/mol. The molecule has 0 aliphatic carbocycles. The van der Waals surface area contributed by atoms with Gasteiger partial charge in [-0.1, -0.05) is 37.3 Å². The van der Waals surface area contributed by atoms with Gasteiger partial charge in [-0.05, 0) is 0 Å². The Bertz CT molecular complexity index is 325. The molecule has 1 aromatic rings. The van der Waals surface area contributed by atoms with Crippen LogP contribution in [0.25, 0.3) is 0 Å². The van der Waals surface area contributed by atoms with E-state index >= 15 is 0 Å². The summed E-state index contributed by atoms with van der Waals surface area (Å²) >= 11 is 0. The average Bonchev–Trinajstić information content (AvgIpc) is 2.26. The molecule has 0 fully saturated rings. The fourth-order valence-electron chi connectivity index (χ4n) is 1.03. The van der Waals surface area contributed by atoms with Gasteiger partial charge >= 0.3 is 0 Å². The Labute approximate surface area is 84.6 Å². The summed E-state index contributed by atoms with van der Waals surface area (Å²) in [4.78, 5) is 22.3. The molecule has 1 amide bonds. The molecule has 0 spiro atoms. The molecule has 0 heterocycles. The summed E-state index contributed by atoms with van der Waals surface area (Å²) in [6.45, 7) is 1.83. The summed E-state index contributed by atoms with van der Waals surface area (Å²) in [5, 5.41) is 2.54. The normalized spacial score (nSPS) is 9.50. The van der Waals surface area contributed by atoms with Gasteiger partial charge in [-0.15, -0.1) is 0 Å². The number of ketones is 1. The van der Waals surface area contributed by atoms with Crippen molar-refractivity contribution >= 4 is 11.7 Å². The molecule has 1 N–H and O–H groups in total. The molecule has 0 saturated heterocycles. The molecule has 3 nitrogen and oxygen atoms in total. The highest BCUT2D eigenvalue weighted by atomic mass is 16.2. The van der Waals surface area contributed by atoms with Crippen LogP contribution in [0, 0.1) is 0 Å². The number of benzene rings is 1. The minimum absolute atomic E-state index is 0. The molecule has 14 heavy (non-hydrogen) atoms. The fraction of sp³-hybridized carbons (Fsp3) is 0.273. The van der Waals surface area contributed by atoms with E-state index in [-0.39, 0.29) is 19.7 Å².